The Morgan fingerprint density at radius 3 is 2.79 bits per heavy atom. The Kier molecular flexibility index (Phi) is 3.80. The first-order chi connectivity index (χ1) is 9.04. The fourth-order valence-corrected chi connectivity index (χ4v) is 4.13. The van der Waals surface area contributed by atoms with Crippen molar-refractivity contribution in [2.24, 2.45) is 5.73 Å². The molecule has 0 spiro atoms. The van der Waals surface area contributed by atoms with Crippen molar-refractivity contribution < 1.29 is 4.74 Å². The minimum absolute atomic E-state index is 0.0579. The second-order valence-corrected chi connectivity index (χ2v) is 7.38. The van der Waals surface area contributed by atoms with Gasteiger partial charge in [0.15, 0.2) is 0 Å². The lowest BCUT2D eigenvalue weighted by Crippen LogP contribution is -2.23. The van der Waals surface area contributed by atoms with Crippen molar-refractivity contribution in [3.63, 3.8) is 0 Å². The summed E-state index contributed by atoms with van der Waals surface area (Å²) >= 11 is 17.0. The van der Waals surface area contributed by atoms with Crippen LogP contribution in [0.1, 0.15) is 29.0 Å². The van der Waals surface area contributed by atoms with Crippen LogP contribution in [0.4, 0.5) is 0 Å². The average Bonchev–Trinajstić information content (AvgIpc) is 2.70. The van der Waals surface area contributed by atoms with Crippen LogP contribution in [0.15, 0.2) is 28.7 Å². The van der Waals surface area contributed by atoms with Crippen LogP contribution in [-0.2, 0) is 0 Å². The molecule has 0 bridgehead atoms. The number of ether oxygens (including phenoxy) is 1. The second kappa shape index (κ2) is 5.26. The van der Waals surface area contributed by atoms with E-state index >= 15 is 0 Å². The van der Waals surface area contributed by atoms with Gasteiger partial charge in [0.1, 0.15) is 16.2 Å². The van der Waals surface area contributed by atoms with E-state index in [-0.39, 0.29) is 12.1 Å². The molecule has 2 atom stereocenters. The lowest BCUT2D eigenvalue weighted by Gasteiger charge is -2.29. The molecule has 1 aliphatic heterocycles. The fourth-order valence-electron chi connectivity index (χ4n) is 2.17. The monoisotopic (exact) mass is 377 g/mol. The summed E-state index contributed by atoms with van der Waals surface area (Å²) in [6.45, 7) is 0. The Balaban J connectivity index is 1.94. The van der Waals surface area contributed by atoms with Gasteiger partial charge in [0.25, 0.3) is 0 Å². The third-order valence-electron chi connectivity index (χ3n) is 3.09. The Morgan fingerprint density at radius 1 is 1.32 bits per heavy atom. The first-order valence-corrected chi connectivity index (χ1v) is 8.07. The van der Waals surface area contributed by atoms with Gasteiger partial charge in [-0.3, -0.25) is 0 Å². The largest absolute Gasteiger partial charge is 0.484 e. The van der Waals surface area contributed by atoms with Gasteiger partial charge in [0.2, 0.25) is 0 Å². The molecule has 0 radical (unpaired) electrons. The molecule has 0 saturated heterocycles. The summed E-state index contributed by atoms with van der Waals surface area (Å²) in [6.07, 6.45) is 0.661. The molecule has 0 aliphatic carbocycles. The van der Waals surface area contributed by atoms with Crippen molar-refractivity contribution >= 4 is 50.5 Å². The van der Waals surface area contributed by atoms with Crippen molar-refractivity contribution in [1.29, 1.82) is 0 Å². The van der Waals surface area contributed by atoms with Gasteiger partial charge in [0.05, 0.1) is 0 Å². The average molecular weight is 379 g/mol. The van der Waals surface area contributed by atoms with Gasteiger partial charge >= 0.3 is 0 Å². The summed E-state index contributed by atoms with van der Waals surface area (Å²) in [6, 6.07) is 7.47. The van der Waals surface area contributed by atoms with Crippen LogP contribution >= 0.6 is 50.5 Å². The van der Waals surface area contributed by atoms with Crippen LogP contribution in [0.25, 0.3) is 0 Å². The third kappa shape index (κ3) is 2.65. The molecule has 2 heterocycles. The number of hydrogen-bond acceptors (Lipinski definition) is 3. The molecule has 0 amide bonds. The molecule has 100 valence electrons. The lowest BCUT2D eigenvalue weighted by molar-refractivity contribution is 0.165. The molecule has 6 heteroatoms. The number of nitrogens with two attached hydrogens (primary N) is 1. The molecule has 1 aromatic heterocycles. The molecule has 0 fully saturated rings. The van der Waals surface area contributed by atoms with Crippen molar-refractivity contribution in [3.8, 4) is 5.75 Å². The van der Waals surface area contributed by atoms with Crippen molar-refractivity contribution in [1.82, 2.24) is 0 Å². The van der Waals surface area contributed by atoms with Crippen molar-refractivity contribution in [3.05, 3.63) is 48.5 Å². The molecule has 2 N–H and O–H groups in total. The Bertz CT molecular complexity index is 612. The van der Waals surface area contributed by atoms with E-state index in [0.29, 0.717) is 5.02 Å². The quantitative estimate of drug-likeness (QED) is 0.726. The molecule has 1 aromatic carbocycles. The minimum atomic E-state index is -0.0768. The van der Waals surface area contributed by atoms with Gasteiger partial charge in [-0.1, -0.05) is 23.2 Å². The van der Waals surface area contributed by atoms with Crippen LogP contribution in [-0.4, -0.2) is 0 Å². The number of fused-ring (bicyclic) bond motifs is 1. The highest BCUT2D eigenvalue weighted by Crippen LogP contribution is 2.44. The van der Waals surface area contributed by atoms with Gasteiger partial charge in [0, 0.05) is 32.4 Å². The zero-order valence-electron chi connectivity index (χ0n) is 9.70. The number of hydrogen-bond donors (Lipinski definition) is 1. The van der Waals surface area contributed by atoms with Gasteiger partial charge in [-0.15, -0.1) is 11.3 Å². The topological polar surface area (TPSA) is 35.2 Å². The van der Waals surface area contributed by atoms with Gasteiger partial charge in [-0.2, -0.15) is 0 Å². The van der Waals surface area contributed by atoms with Crippen LogP contribution in [0.3, 0.4) is 0 Å². The summed E-state index contributed by atoms with van der Waals surface area (Å²) in [5.41, 5.74) is 7.17. The first kappa shape index (κ1) is 13.7. The predicted octanol–water partition coefficient (Wildman–Crippen LogP) is 5.34. The van der Waals surface area contributed by atoms with E-state index in [1.807, 2.05) is 24.3 Å². The highest BCUT2D eigenvalue weighted by atomic mass is 79.9. The predicted molar refractivity (Wildman–Crippen MR) is 83.4 cm³/mol. The maximum atomic E-state index is 6.21. The second-order valence-electron chi connectivity index (χ2n) is 4.40. The van der Waals surface area contributed by atoms with E-state index in [1.165, 1.54) is 11.3 Å². The molecule has 2 aromatic rings. The highest BCUT2D eigenvalue weighted by Gasteiger charge is 2.28. The van der Waals surface area contributed by atoms with Gasteiger partial charge in [-0.25, -0.2) is 0 Å². The Labute approximate surface area is 133 Å². The van der Waals surface area contributed by atoms with Crippen LogP contribution in [0.5, 0.6) is 5.75 Å². The van der Waals surface area contributed by atoms with Gasteiger partial charge < -0.3 is 10.5 Å². The maximum absolute atomic E-state index is 6.21. The summed E-state index contributed by atoms with van der Waals surface area (Å²) in [5.74, 6) is 0.800. The first-order valence-electron chi connectivity index (χ1n) is 5.71. The zero-order valence-corrected chi connectivity index (χ0v) is 13.6. The van der Waals surface area contributed by atoms with E-state index in [0.717, 1.165) is 31.4 Å². The van der Waals surface area contributed by atoms with Crippen molar-refractivity contribution in [2.45, 2.75) is 18.6 Å². The standard InChI is InChI=1S/C13H10BrCl2NOS/c14-8-4-12(19-13(8)16)11-5-9(17)7-3-6(15)1-2-10(7)18-11/h1-4,9,11H,5,17H2. The van der Waals surface area contributed by atoms with E-state index in [1.54, 1.807) is 0 Å². The molecule has 3 rings (SSSR count). The highest BCUT2D eigenvalue weighted by molar-refractivity contribution is 9.10. The number of benzene rings is 1. The van der Waals surface area contributed by atoms with Crippen LogP contribution in [0.2, 0.25) is 9.36 Å². The minimum Gasteiger partial charge on any atom is -0.484 e. The normalized spacial score (nSPS) is 21.9. The smallest absolute Gasteiger partial charge is 0.135 e. The fraction of sp³-hybridized carbons (Fsp3) is 0.231. The SMILES string of the molecule is NC1CC(c2cc(Br)c(Cl)s2)Oc2ccc(Cl)cc21. The van der Waals surface area contributed by atoms with Crippen LogP contribution in [0, 0.1) is 0 Å². The zero-order chi connectivity index (χ0) is 13.6. The number of halogens is 3. The van der Waals surface area contributed by atoms with E-state index < -0.39 is 0 Å². The molecular formula is C13H10BrCl2NOS. The van der Waals surface area contributed by atoms with Crippen molar-refractivity contribution in [2.75, 3.05) is 0 Å². The Morgan fingerprint density at radius 2 is 2.11 bits per heavy atom. The molecule has 1 aliphatic rings. The molecular weight excluding hydrogens is 369 g/mol. The summed E-state index contributed by atoms with van der Waals surface area (Å²) in [4.78, 5) is 1.08. The summed E-state index contributed by atoms with van der Waals surface area (Å²) in [5, 5.41) is 0.679. The Hall–Kier alpha value is -0.260. The number of thiophene rings is 1. The summed E-state index contributed by atoms with van der Waals surface area (Å²) < 4.78 is 7.63. The van der Waals surface area contributed by atoms with E-state index in [9.17, 15) is 0 Å². The lowest BCUT2D eigenvalue weighted by atomic mass is 9.96. The van der Waals surface area contributed by atoms with Crippen LogP contribution < -0.4 is 10.5 Å². The van der Waals surface area contributed by atoms with E-state index in [2.05, 4.69) is 15.9 Å². The third-order valence-corrected chi connectivity index (χ3v) is 5.89. The summed E-state index contributed by atoms with van der Waals surface area (Å²) in [7, 11) is 0. The molecule has 19 heavy (non-hydrogen) atoms. The van der Waals surface area contributed by atoms with E-state index in [4.69, 9.17) is 33.7 Å². The van der Waals surface area contributed by atoms with Gasteiger partial charge in [-0.05, 0) is 40.2 Å². The maximum Gasteiger partial charge on any atom is 0.135 e. The molecule has 2 unspecified atom stereocenters. The number of rotatable bonds is 1. The molecule has 0 saturated carbocycles. The molecule has 2 nitrogen and oxygen atoms in total.